The molecule has 3 aromatic carbocycles. The standard InChI is InChI=1S/C24H22O2/c1-17-14-18(2)24(25)23(15-17)22(13-12-19-8-5-4-6-9-19)20-10-7-11-21(16-20)26-3/h4-11,14-16,22,25H,1-3H3. The Kier molecular flexibility index (Phi) is 5.29. The predicted octanol–water partition coefficient (Wildman–Crippen LogP) is 5.20. The summed E-state index contributed by atoms with van der Waals surface area (Å²) in [6.07, 6.45) is 0. The van der Waals surface area contributed by atoms with Crippen LogP contribution < -0.4 is 4.74 Å². The van der Waals surface area contributed by atoms with Gasteiger partial charge < -0.3 is 9.84 Å². The molecule has 1 atom stereocenters. The van der Waals surface area contributed by atoms with E-state index in [1.54, 1.807) is 7.11 Å². The van der Waals surface area contributed by atoms with Crippen LogP contribution in [0, 0.1) is 25.7 Å². The molecule has 0 aromatic heterocycles. The molecule has 0 radical (unpaired) electrons. The first-order valence-electron chi connectivity index (χ1n) is 8.59. The van der Waals surface area contributed by atoms with Crippen LogP contribution in [0.3, 0.4) is 0 Å². The molecule has 0 heterocycles. The molecule has 0 aliphatic rings. The topological polar surface area (TPSA) is 29.5 Å². The molecule has 26 heavy (non-hydrogen) atoms. The van der Waals surface area contributed by atoms with Crippen LogP contribution in [-0.2, 0) is 0 Å². The van der Waals surface area contributed by atoms with E-state index < -0.39 is 0 Å². The summed E-state index contributed by atoms with van der Waals surface area (Å²) in [5, 5.41) is 10.7. The fraction of sp³-hybridized carbons (Fsp3) is 0.167. The maximum Gasteiger partial charge on any atom is 0.123 e. The number of aromatic hydroxyl groups is 1. The van der Waals surface area contributed by atoms with Gasteiger partial charge in [-0.15, -0.1) is 0 Å². The Morgan fingerprint density at radius 3 is 2.42 bits per heavy atom. The lowest BCUT2D eigenvalue weighted by Crippen LogP contribution is -2.01. The molecule has 130 valence electrons. The minimum atomic E-state index is -0.246. The van der Waals surface area contributed by atoms with Gasteiger partial charge >= 0.3 is 0 Å². The molecule has 0 bridgehead atoms. The van der Waals surface area contributed by atoms with E-state index in [4.69, 9.17) is 4.74 Å². The summed E-state index contributed by atoms with van der Waals surface area (Å²) in [4.78, 5) is 0. The Hall–Kier alpha value is -3.18. The van der Waals surface area contributed by atoms with E-state index in [9.17, 15) is 5.11 Å². The van der Waals surface area contributed by atoms with Gasteiger partial charge in [-0.2, -0.15) is 0 Å². The molecule has 0 aliphatic carbocycles. The van der Waals surface area contributed by atoms with Crippen molar-refractivity contribution < 1.29 is 9.84 Å². The van der Waals surface area contributed by atoms with E-state index in [0.29, 0.717) is 5.75 Å². The summed E-state index contributed by atoms with van der Waals surface area (Å²) in [7, 11) is 1.65. The number of hydrogen-bond acceptors (Lipinski definition) is 2. The highest BCUT2D eigenvalue weighted by Crippen LogP contribution is 2.35. The molecular formula is C24H22O2. The summed E-state index contributed by atoms with van der Waals surface area (Å²) < 4.78 is 5.37. The van der Waals surface area contributed by atoms with Crippen molar-refractivity contribution in [2.75, 3.05) is 7.11 Å². The summed E-state index contributed by atoms with van der Waals surface area (Å²) in [6.45, 7) is 3.95. The number of benzene rings is 3. The van der Waals surface area contributed by atoms with Crippen molar-refractivity contribution >= 4 is 0 Å². The van der Waals surface area contributed by atoms with Gasteiger partial charge in [0.2, 0.25) is 0 Å². The fourth-order valence-corrected chi connectivity index (χ4v) is 3.05. The minimum Gasteiger partial charge on any atom is -0.507 e. The number of phenols is 1. The van der Waals surface area contributed by atoms with Gasteiger partial charge in [-0.1, -0.05) is 59.9 Å². The monoisotopic (exact) mass is 342 g/mol. The van der Waals surface area contributed by atoms with Crippen LogP contribution >= 0.6 is 0 Å². The maximum atomic E-state index is 10.7. The molecule has 1 N–H and O–H groups in total. The van der Waals surface area contributed by atoms with Crippen LogP contribution in [0.5, 0.6) is 11.5 Å². The largest absolute Gasteiger partial charge is 0.507 e. The van der Waals surface area contributed by atoms with Gasteiger partial charge in [0, 0.05) is 11.1 Å². The van der Waals surface area contributed by atoms with Gasteiger partial charge in [-0.25, -0.2) is 0 Å². The van der Waals surface area contributed by atoms with Crippen LogP contribution in [0.1, 0.15) is 33.7 Å². The average Bonchev–Trinajstić information content (AvgIpc) is 2.66. The quantitative estimate of drug-likeness (QED) is 0.663. The first-order chi connectivity index (χ1) is 12.6. The summed E-state index contributed by atoms with van der Waals surface area (Å²) >= 11 is 0. The van der Waals surface area contributed by atoms with Crippen molar-refractivity contribution in [1.29, 1.82) is 0 Å². The molecule has 0 saturated heterocycles. The second-order valence-corrected chi connectivity index (χ2v) is 6.36. The lowest BCUT2D eigenvalue weighted by molar-refractivity contribution is 0.414. The molecule has 3 aromatic rings. The van der Waals surface area contributed by atoms with Crippen molar-refractivity contribution in [3.63, 3.8) is 0 Å². The van der Waals surface area contributed by atoms with E-state index >= 15 is 0 Å². The van der Waals surface area contributed by atoms with Gasteiger partial charge in [0.05, 0.1) is 13.0 Å². The molecule has 2 heteroatoms. The Morgan fingerprint density at radius 1 is 0.923 bits per heavy atom. The summed E-state index contributed by atoms with van der Waals surface area (Å²) in [6, 6.07) is 21.7. The number of aryl methyl sites for hydroxylation is 2. The zero-order chi connectivity index (χ0) is 18.5. The Morgan fingerprint density at radius 2 is 1.69 bits per heavy atom. The maximum absolute atomic E-state index is 10.7. The van der Waals surface area contributed by atoms with Crippen LogP contribution in [0.15, 0.2) is 66.7 Å². The van der Waals surface area contributed by atoms with E-state index in [1.807, 2.05) is 80.6 Å². The van der Waals surface area contributed by atoms with Crippen LogP contribution in [0.4, 0.5) is 0 Å². The lowest BCUT2D eigenvalue weighted by Gasteiger charge is -2.17. The van der Waals surface area contributed by atoms with Gasteiger partial charge in [0.1, 0.15) is 11.5 Å². The normalized spacial score (nSPS) is 11.3. The number of phenolic OH excluding ortho intramolecular Hbond substituents is 1. The first-order valence-corrected chi connectivity index (χ1v) is 8.59. The van der Waals surface area contributed by atoms with Crippen molar-refractivity contribution in [3.05, 3.63) is 94.5 Å². The van der Waals surface area contributed by atoms with Crippen molar-refractivity contribution in [2.24, 2.45) is 0 Å². The zero-order valence-corrected chi connectivity index (χ0v) is 15.3. The Labute approximate surface area is 155 Å². The second-order valence-electron chi connectivity index (χ2n) is 6.36. The number of ether oxygens (including phenoxy) is 1. The lowest BCUT2D eigenvalue weighted by atomic mass is 9.88. The third kappa shape index (κ3) is 3.90. The highest BCUT2D eigenvalue weighted by Gasteiger charge is 2.18. The van der Waals surface area contributed by atoms with Crippen LogP contribution in [0.25, 0.3) is 0 Å². The van der Waals surface area contributed by atoms with Gasteiger partial charge in [0.15, 0.2) is 0 Å². The summed E-state index contributed by atoms with van der Waals surface area (Å²) in [5.74, 6) is 7.42. The zero-order valence-electron chi connectivity index (χ0n) is 15.3. The van der Waals surface area contributed by atoms with Crippen molar-refractivity contribution in [2.45, 2.75) is 19.8 Å². The average molecular weight is 342 g/mol. The SMILES string of the molecule is COc1cccc(C(C#Cc2ccccc2)c2cc(C)cc(C)c2O)c1. The Balaban J connectivity index is 2.15. The minimum absolute atomic E-state index is 0.246. The second kappa shape index (κ2) is 7.80. The van der Waals surface area contributed by atoms with E-state index in [1.165, 1.54) is 0 Å². The smallest absolute Gasteiger partial charge is 0.123 e. The van der Waals surface area contributed by atoms with Gasteiger partial charge in [-0.05, 0) is 49.2 Å². The molecule has 2 nitrogen and oxygen atoms in total. The predicted molar refractivity (Wildman–Crippen MR) is 106 cm³/mol. The third-order valence-corrected chi connectivity index (χ3v) is 4.35. The van der Waals surface area contributed by atoms with E-state index in [0.717, 1.165) is 33.6 Å². The molecule has 0 aliphatic heterocycles. The number of methoxy groups -OCH3 is 1. The highest BCUT2D eigenvalue weighted by molar-refractivity contribution is 5.53. The molecule has 1 unspecified atom stereocenters. The fourth-order valence-electron chi connectivity index (χ4n) is 3.05. The third-order valence-electron chi connectivity index (χ3n) is 4.35. The molecule has 0 amide bonds. The van der Waals surface area contributed by atoms with Crippen LogP contribution in [0.2, 0.25) is 0 Å². The van der Waals surface area contributed by atoms with E-state index in [2.05, 4.69) is 11.8 Å². The summed E-state index contributed by atoms with van der Waals surface area (Å²) in [5.41, 5.74) is 4.72. The van der Waals surface area contributed by atoms with Crippen LogP contribution in [-0.4, -0.2) is 12.2 Å². The number of hydrogen-bond donors (Lipinski definition) is 1. The van der Waals surface area contributed by atoms with Gasteiger partial charge in [0.25, 0.3) is 0 Å². The first kappa shape index (κ1) is 17.6. The molecule has 0 fully saturated rings. The highest BCUT2D eigenvalue weighted by atomic mass is 16.5. The van der Waals surface area contributed by atoms with Crippen molar-refractivity contribution in [1.82, 2.24) is 0 Å². The molecule has 3 rings (SSSR count). The van der Waals surface area contributed by atoms with Crippen molar-refractivity contribution in [3.8, 4) is 23.3 Å². The molecular weight excluding hydrogens is 320 g/mol. The number of rotatable bonds is 3. The van der Waals surface area contributed by atoms with Gasteiger partial charge in [-0.3, -0.25) is 0 Å². The van der Waals surface area contributed by atoms with E-state index in [-0.39, 0.29) is 5.92 Å². The molecule has 0 spiro atoms. The Bertz CT molecular complexity index is 962. The molecule has 0 saturated carbocycles.